The van der Waals surface area contributed by atoms with Gasteiger partial charge in [-0.1, -0.05) is 33.1 Å². The summed E-state index contributed by atoms with van der Waals surface area (Å²) >= 11 is 0. The van der Waals surface area contributed by atoms with Gasteiger partial charge in [0.25, 0.3) is 0 Å². The van der Waals surface area contributed by atoms with Crippen LogP contribution < -0.4 is 0 Å². The molecule has 0 aromatic heterocycles. The number of carbonyl (C=O) groups excluding carboxylic acids is 1. The molecule has 80 valence electrons. The standard InChI is InChI=1S/C6H14O.C5H10O/c1-2-3-4-5-6-7;1-3-4-5(2)6/h7H,2-6H2,1H3;3-4H2,1-2H3. The van der Waals surface area contributed by atoms with Gasteiger partial charge in [-0.2, -0.15) is 0 Å². The summed E-state index contributed by atoms with van der Waals surface area (Å²) in [7, 11) is 0. The van der Waals surface area contributed by atoms with E-state index in [1.807, 2.05) is 6.92 Å². The number of ketones is 1. The SMILES string of the molecule is CCCC(C)=O.CCCCCCO. The minimum atomic E-state index is 0.289. The number of hydrogen-bond acceptors (Lipinski definition) is 2. The Balaban J connectivity index is 0. The lowest BCUT2D eigenvalue weighted by Crippen LogP contribution is -1.84. The van der Waals surface area contributed by atoms with Crippen molar-refractivity contribution in [3.63, 3.8) is 0 Å². The first-order valence-electron chi connectivity index (χ1n) is 5.29. The van der Waals surface area contributed by atoms with Crippen LogP contribution in [0.1, 0.15) is 59.3 Å². The molecule has 0 rings (SSSR count). The molecule has 0 aliphatic heterocycles. The van der Waals surface area contributed by atoms with Gasteiger partial charge in [0.1, 0.15) is 5.78 Å². The molecule has 0 bridgehead atoms. The van der Waals surface area contributed by atoms with Crippen LogP contribution in [0.15, 0.2) is 0 Å². The first-order valence-corrected chi connectivity index (χ1v) is 5.29. The van der Waals surface area contributed by atoms with E-state index in [9.17, 15) is 4.79 Å². The molecule has 2 heteroatoms. The van der Waals surface area contributed by atoms with Gasteiger partial charge in [0.2, 0.25) is 0 Å². The van der Waals surface area contributed by atoms with E-state index in [0.717, 1.165) is 19.3 Å². The molecule has 0 atom stereocenters. The number of rotatable bonds is 6. The maximum Gasteiger partial charge on any atom is 0.129 e. The average molecular weight is 188 g/mol. The molecule has 0 unspecified atom stereocenters. The number of hydrogen-bond donors (Lipinski definition) is 1. The summed E-state index contributed by atoms with van der Waals surface area (Å²) in [5.41, 5.74) is 0. The summed E-state index contributed by atoms with van der Waals surface area (Å²) in [6.07, 6.45) is 6.40. The van der Waals surface area contributed by atoms with Gasteiger partial charge in [-0.05, 0) is 19.8 Å². The van der Waals surface area contributed by atoms with E-state index in [4.69, 9.17) is 5.11 Å². The number of carbonyl (C=O) groups is 1. The van der Waals surface area contributed by atoms with Crippen LogP contribution in [-0.4, -0.2) is 17.5 Å². The van der Waals surface area contributed by atoms with Crippen LogP contribution in [0.4, 0.5) is 0 Å². The third-order valence-electron chi connectivity index (χ3n) is 1.61. The Bertz CT molecular complexity index is 96.3. The molecule has 1 N–H and O–H groups in total. The summed E-state index contributed by atoms with van der Waals surface area (Å²) in [4.78, 5) is 10.0. The third-order valence-corrected chi connectivity index (χ3v) is 1.61. The van der Waals surface area contributed by atoms with Crippen molar-refractivity contribution >= 4 is 5.78 Å². The lowest BCUT2D eigenvalue weighted by Gasteiger charge is -1.90. The molecule has 13 heavy (non-hydrogen) atoms. The van der Waals surface area contributed by atoms with Gasteiger partial charge < -0.3 is 9.90 Å². The van der Waals surface area contributed by atoms with Crippen LogP contribution in [0, 0.1) is 0 Å². The fourth-order valence-electron chi connectivity index (χ4n) is 0.891. The molecule has 0 aromatic rings. The highest BCUT2D eigenvalue weighted by Gasteiger charge is 1.83. The second kappa shape index (κ2) is 14.2. The average Bonchev–Trinajstić information content (AvgIpc) is 2.06. The van der Waals surface area contributed by atoms with E-state index >= 15 is 0 Å². The van der Waals surface area contributed by atoms with E-state index < -0.39 is 0 Å². The fourth-order valence-corrected chi connectivity index (χ4v) is 0.891. The number of Topliss-reactive ketones (excluding diaryl/α,β-unsaturated/α-hetero) is 1. The zero-order valence-corrected chi connectivity index (χ0v) is 9.31. The Morgan fingerprint density at radius 1 is 1.08 bits per heavy atom. The highest BCUT2D eigenvalue weighted by atomic mass is 16.2. The Labute approximate surface area is 82.4 Å². The zero-order chi connectivity index (χ0) is 10.5. The van der Waals surface area contributed by atoms with Crippen LogP contribution >= 0.6 is 0 Å². The molecule has 0 aliphatic rings. The lowest BCUT2D eigenvalue weighted by atomic mass is 10.2. The Morgan fingerprint density at radius 3 is 1.92 bits per heavy atom. The zero-order valence-electron chi connectivity index (χ0n) is 9.31. The second-order valence-electron chi connectivity index (χ2n) is 3.24. The van der Waals surface area contributed by atoms with E-state index in [0.29, 0.717) is 6.61 Å². The quantitative estimate of drug-likeness (QED) is 0.651. The predicted octanol–water partition coefficient (Wildman–Crippen LogP) is 2.93. The maximum atomic E-state index is 10.0. The first-order chi connectivity index (χ1) is 6.18. The normalized spacial score (nSPS) is 8.92. The van der Waals surface area contributed by atoms with Gasteiger partial charge in [-0.15, -0.1) is 0 Å². The summed E-state index contributed by atoms with van der Waals surface area (Å²) in [5.74, 6) is 0.289. The molecular weight excluding hydrogens is 164 g/mol. The predicted molar refractivity (Wildman–Crippen MR) is 56.8 cm³/mol. The van der Waals surface area contributed by atoms with Gasteiger partial charge in [0.05, 0.1) is 0 Å². The molecule has 2 nitrogen and oxygen atoms in total. The van der Waals surface area contributed by atoms with Crippen LogP contribution in [0.5, 0.6) is 0 Å². The van der Waals surface area contributed by atoms with Gasteiger partial charge >= 0.3 is 0 Å². The van der Waals surface area contributed by atoms with Crippen molar-refractivity contribution in [2.24, 2.45) is 0 Å². The van der Waals surface area contributed by atoms with Gasteiger partial charge in [0, 0.05) is 13.0 Å². The molecule has 0 radical (unpaired) electrons. The molecule has 0 aliphatic carbocycles. The van der Waals surface area contributed by atoms with Gasteiger partial charge in [0.15, 0.2) is 0 Å². The van der Waals surface area contributed by atoms with E-state index in [2.05, 4.69) is 6.92 Å². The molecule has 0 saturated carbocycles. The van der Waals surface area contributed by atoms with Crippen LogP contribution in [-0.2, 0) is 4.79 Å². The summed E-state index contributed by atoms with van der Waals surface area (Å²) in [6.45, 7) is 6.14. The summed E-state index contributed by atoms with van der Waals surface area (Å²) in [5, 5.41) is 8.29. The van der Waals surface area contributed by atoms with Crippen molar-refractivity contribution in [1.82, 2.24) is 0 Å². The Morgan fingerprint density at radius 2 is 1.69 bits per heavy atom. The third kappa shape index (κ3) is 24.5. The molecule has 0 amide bonds. The molecular formula is C11H24O2. The summed E-state index contributed by atoms with van der Waals surface area (Å²) < 4.78 is 0. The van der Waals surface area contributed by atoms with Crippen LogP contribution in [0.25, 0.3) is 0 Å². The smallest absolute Gasteiger partial charge is 0.129 e. The van der Waals surface area contributed by atoms with Crippen LogP contribution in [0.3, 0.4) is 0 Å². The largest absolute Gasteiger partial charge is 0.396 e. The Hall–Kier alpha value is -0.370. The summed E-state index contributed by atoms with van der Waals surface area (Å²) in [6, 6.07) is 0. The van der Waals surface area contributed by atoms with E-state index in [-0.39, 0.29) is 5.78 Å². The van der Waals surface area contributed by atoms with Crippen LogP contribution in [0.2, 0.25) is 0 Å². The topological polar surface area (TPSA) is 37.3 Å². The maximum absolute atomic E-state index is 10.0. The number of aliphatic hydroxyl groups is 1. The molecule has 0 aromatic carbocycles. The second-order valence-corrected chi connectivity index (χ2v) is 3.24. The van der Waals surface area contributed by atoms with Crippen molar-refractivity contribution in [3.05, 3.63) is 0 Å². The van der Waals surface area contributed by atoms with Crippen molar-refractivity contribution in [3.8, 4) is 0 Å². The Kier molecular flexibility index (Phi) is 16.5. The monoisotopic (exact) mass is 188 g/mol. The minimum Gasteiger partial charge on any atom is -0.396 e. The van der Waals surface area contributed by atoms with E-state index in [1.165, 1.54) is 19.3 Å². The van der Waals surface area contributed by atoms with Crippen molar-refractivity contribution in [2.75, 3.05) is 6.61 Å². The van der Waals surface area contributed by atoms with Crippen molar-refractivity contribution in [1.29, 1.82) is 0 Å². The van der Waals surface area contributed by atoms with Crippen molar-refractivity contribution < 1.29 is 9.90 Å². The molecule has 0 spiro atoms. The first kappa shape index (κ1) is 15.1. The molecule has 0 heterocycles. The van der Waals surface area contributed by atoms with E-state index in [1.54, 1.807) is 6.92 Å². The van der Waals surface area contributed by atoms with Gasteiger partial charge in [-0.25, -0.2) is 0 Å². The molecule has 0 saturated heterocycles. The highest BCUT2D eigenvalue weighted by molar-refractivity contribution is 5.75. The minimum absolute atomic E-state index is 0.289. The number of aliphatic hydroxyl groups excluding tert-OH is 1. The van der Waals surface area contributed by atoms with Gasteiger partial charge in [-0.3, -0.25) is 0 Å². The highest BCUT2D eigenvalue weighted by Crippen LogP contribution is 1.96. The lowest BCUT2D eigenvalue weighted by molar-refractivity contribution is -0.117. The fraction of sp³-hybridized carbons (Fsp3) is 0.909. The molecule has 0 fully saturated rings. The van der Waals surface area contributed by atoms with Crippen molar-refractivity contribution in [2.45, 2.75) is 59.3 Å². The number of unbranched alkanes of at least 4 members (excludes halogenated alkanes) is 3.